The van der Waals surface area contributed by atoms with Crippen molar-refractivity contribution in [3.63, 3.8) is 0 Å². The number of hydrogen-bond acceptors (Lipinski definition) is 5. The summed E-state index contributed by atoms with van der Waals surface area (Å²) in [6.07, 6.45) is 0. The molecule has 0 radical (unpaired) electrons. The van der Waals surface area contributed by atoms with Crippen LogP contribution in [0.5, 0.6) is 0 Å². The molecule has 5 rings (SSSR count). The van der Waals surface area contributed by atoms with Gasteiger partial charge in [0.1, 0.15) is 0 Å². The lowest BCUT2D eigenvalue weighted by molar-refractivity contribution is 0.0925. The van der Waals surface area contributed by atoms with Gasteiger partial charge in [-0.05, 0) is 60.7 Å². The van der Waals surface area contributed by atoms with Crippen molar-refractivity contribution >= 4 is 34.8 Å². The van der Waals surface area contributed by atoms with Crippen molar-refractivity contribution < 1.29 is 19.1 Å². The predicted molar refractivity (Wildman–Crippen MR) is 121 cm³/mol. The van der Waals surface area contributed by atoms with E-state index in [1.165, 1.54) is 0 Å². The summed E-state index contributed by atoms with van der Waals surface area (Å²) >= 11 is 0. The Bertz CT molecular complexity index is 1150. The summed E-state index contributed by atoms with van der Waals surface area (Å²) in [6, 6.07) is 20.9. The second-order valence-corrected chi connectivity index (χ2v) is 7.64. The average molecular weight is 427 g/mol. The normalized spacial score (nSPS) is 15.6. The number of nitrogens with one attached hydrogen (secondary N) is 1. The molecular formula is C25H21N3O4. The third kappa shape index (κ3) is 3.63. The molecule has 0 atom stereocenters. The lowest BCUT2D eigenvalue weighted by Gasteiger charge is -2.28. The zero-order chi connectivity index (χ0) is 22.1. The minimum absolute atomic E-state index is 0.266. The fraction of sp³-hybridized carbons (Fsp3) is 0.160. The van der Waals surface area contributed by atoms with Crippen molar-refractivity contribution in [1.82, 2.24) is 0 Å². The third-order valence-electron chi connectivity index (χ3n) is 5.68. The van der Waals surface area contributed by atoms with Gasteiger partial charge in [-0.15, -0.1) is 0 Å². The van der Waals surface area contributed by atoms with Gasteiger partial charge in [0.15, 0.2) is 0 Å². The Kier molecular flexibility index (Phi) is 5.17. The number of carbonyl (C=O) groups is 3. The minimum Gasteiger partial charge on any atom is -0.378 e. The molecule has 0 aromatic heterocycles. The first-order chi connectivity index (χ1) is 15.6. The van der Waals surface area contributed by atoms with Crippen LogP contribution >= 0.6 is 0 Å². The number of hydrogen-bond donors (Lipinski definition) is 1. The second-order valence-electron chi connectivity index (χ2n) is 7.64. The Morgan fingerprint density at radius 1 is 0.750 bits per heavy atom. The summed E-state index contributed by atoms with van der Waals surface area (Å²) < 4.78 is 5.38. The molecule has 3 aromatic rings. The van der Waals surface area contributed by atoms with Crippen LogP contribution in [-0.4, -0.2) is 44.0 Å². The number of morpholine rings is 1. The maximum atomic E-state index is 12.7. The molecule has 1 fully saturated rings. The van der Waals surface area contributed by atoms with Crippen molar-refractivity contribution in [3.05, 3.63) is 89.5 Å². The molecule has 1 saturated heterocycles. The molecule has 2 aliphatic heterocycles. The third-order valence-corrected chi connectivity index (χ3v) is 5.68. The van der Waals surface area contributed by atoms with Gasteiger partial charge in [0.2, 0.25) is 0 Å². The van der Waals surface area contributed by atoms with Gasteiger partial charge in [-0.2, -0.15) is 0 Å². The predicted octanol–water partition coefficient (Wildman–Crippen LogP) is 3.58. The fourth-order valence-electron chi connectivity index (χ4n) is 3.97. The van der Waals surface area contributed by atoms with Crippen molar-refractivity contribution in [2.45, 2.75) is 0 Å². The number of benzene rings is 3. The van der Waals surface area contributed by atoms with Crippen LogP contribution < -0.4 is 15.1 Å². The number of nitrogens with zero attached hydrogens (tertiary/aromatic N) is 2. The highest BCUT2D eigenvalue weighted by Gasteiger charge is 2.36. The molecule has 0 bridgehead atoms. The van der Waals surface area contributed by atoms with Crippen LogP contribution in [0.4, 0.5) is 17.1 Å². The van der Waals surface area contributed by atoms with Crippen LogP contribution in [0.2, 0.25) is 0 Å². The molecule has 0 aliphatic carbocycles. The highest BCUT2D eigenvalue weighted by atomic mass is 16.5. The van der Waals surface area contributed by atoms with Gasteiger partial charge >= 0.3 is 0 Å². The first kappa shape index (κ1) is 20.0. The zero-order valence-corrected chi connectivity index (χ0v) is 17.3. The Morgan fingerprint density at radius 2 is 1.31 bits per heavy atom. The van der Waals surface area contributed by atoms with Crippen LogP contribution in [-0.2, 0) is 4.74 Å². The van der Waals surface area contributed by atoms with E-state index in [1.54, 1.807) is 48.5 Å². The summed E-state index contributed by atoms with van der Waals surface area (Å²) in [5.41, 5.74) is 3.43. The van der Waals surface area contributed by atoms with Gasteiger partial charge in [0, 0.05) is 30.0 Å². The standard InChI is InChI=1S/C25H21N3O4/c29-23(26-18-7-11-19(12-8-18)27-13-15-32-16-14-27)17-5-9-20(10-6-17)28-24(30)21-3-1-2-4-22(21)25(28)31/h1-12H,13-16H2,(H,26,29). The molecule has 7 heteroatoms. The van der Waals surface area contributed by atoms with E-state index in [9.17, 15) is 14.4 Å². The quantitative estimate of drug-likeness (QED) is 0.644. The molecule has 1 N–H and O–H groups in total. The van der Waals surface area contributed by atoms with E-state index in [-0.39, 0.29) is 17.7 Å². The fourth-order valence-corrected chi connectivity index (χ4v) is 3.97. The first-order valence-corrected chi connectivity index (χ1v) is 10.4. The van der Waals surface area contributed by atoms with E-state index < -0.39 is 0 Å². The molecule has 160 valence electrons. The summed E-state index contributed by atoms with van der Waals surface area (Å²) in [5, 5.41) is 2.88. The van der Waals surface area contributed by atoms with E-state index >= 15 is 0 Å². The molecule has 32 heavy (non-hydrogen) atoms. The van der Waals surface area contributed by atoms with E-state index in [1.807, 2.05) is 24.3 Å². The highest BCUT2D eigenvalue weighted by molar-refractivity contribution is 6.34. The first-order valence-electron chi connectivity index (χ1n) is 10.4. The molecule has 2 aliphatic rings. The summed E-state index contributed by atoms with van der Waals surface area (Å²) in [4.78, 5) is 41.3. The van der Waals surface area contributed by atoms with Gasteiger partial charge < -0.3 is 15.0 Å². The zero-order valence-electron chi connectivity index (χ0n) is 17.3. The number of anilines is 3. The summed E-state index contributed by atoms with van der Waals surface area (Å²) in [7, 11) is 0. The lowest BCUT2D eigenvalue weighted by Crippen LogP contribution is -2.36. The molecule has 0 spiro atoms. The van der Waals surface area contributed by atoms with Gasteiger partial charge in [-0.1, -0.05) is 12.1 Å². The Labute approximate surface area is 185 Å². The van der Waals surface area contributed by atoms with Crippen LogP contribution in [0.15, 0.2) is 72.8 Å². The Balaban J connectivity index is 1.27. The molecule has 3 amide bonds. The molecule has 3 aromatic carbocycles. The number of carbonyl (C=O) groups excluding carboxylic acids is 3. The number of ether oxygens (including phenoxy) is 1. The van der Waals surface area contributed by atoms with Crippen molar-refractivity contribution in [1.29, 1.82) is 0 Å². The highest BCUT2D eigenvalue weighted by Crippen LogP contribution is 2.28. The summed E-state index contributed by atoms with van der Waals surface area (Å²) in [5.74, 6) is -0.982. The monoisotopic (exact) mass is 427 g/mol. The van der Waals surface area contributed by atoms with E-state index in [4.69, 9.17) is 4.74 Å². The lowest BCUT2D eigenvalue weighted by atomic mass is 10.1. The van der Waals surface area contributed by atoms with Crippen LogP contribution in [0.3, 0.4) is 0 Å². The van der Waals surface area contributed by atoms with Crippen LogP contribution in [0.1, 0.15) is 31.1 Å². The van der Waals surface area contributed by atoms with Crippen molar-refractivity contribution in [2.24, 2.45) is 0 Å². The van der Waals surface area contributed by atoms with E-state index in [2.05, 4.69) is 10.2 Å². The van der Waals surface area contributed by atoms with Crippen molar-refractivity contribution in [3.8, 4) is 0 Å². The van der Waals surface area contributed by atoms with Gasteiger partial charge in [0.25, 0.3) is 17.7 Å². The number of amides is 3. The number of fused-ring (bicyclic) bond motifs is 1. The maximum Gasteiger partial charge on any atom is 0.266 e. The molecule has 0 saturated carbocycles. The number of imide groups is 1. The van der Waals surface area contributed by atoms with Crippen molar-refractivity contribution in [2.75, 3.05) is 41.4 Å². The van der Waals surface area contributed by atoms with Gasteiger partial charge in [-0.3, -0.25) is 14.4 Å². The van der Waals surface area contributed by atoms with Crippen LogP contribution in [0, 0.1) is 0 Å². The van der Waals surface area contributed by atoms with Gasteiger partial charge in [-0.25, -0.2) is 4.90 Å². The summed E-state index contributed by atoms with van der Waals surface area (Å²) in [6.45, 7) is 3.14. The largest absolute Gasteiger partial charge is 0.378 e. The van der Waals surface area contributed by atoms with Crippen LogP contribution in [0.25, 0.3) is 0 Å². The molecule has 7 nitrogen and oxygen atoms in total. The maximum absolute atomic E-state index is 12.7. The molecule has 2 heterocycles. The topological polar surface area (TPSA) is 79.0 Å². The second kappa shape index (κ2) is 8.28. The SMILES string of the molecule is O=C(Nc1ccc(N2CCOCC2)cc1)c1ccc(N2C(=O)c3ccccc3C2=O)cc1. The Morgan fingerprint density at radius 3 is 1.91 bits per heavy atom. The van der Waals surface area contributed by atoms with E-state index in [0.717, 1.165) is 36.9 Å². The van der Waals surface area contributed by atoms with E-state index in [0.29, 0.717) is 28.1 Å². The minimum atomic E-state index is -0.358. The van der Waals surface area contributed by atoms with Gasteiger partial charge in [0.05, 0.1) is 30.0 Å². The molecule has 0 unspecified atom stereocenters. The smallest absolute Gasteiger partial charge is 0.266 e. The Hall–Kier alpha value is -3.97. The average Bonchev–Trinajstić information content (AvgIpc) is 3.10. The number of rotatable bonds is 4. The molecular weight excluding hydrogens is 406 g/mol.